The molecule has 0 spiro atoms. The van der Waals surface area contributed by atoms with E-state index in [-0.39, 0.29) is 13.0 Å². The Kier molecular flexibility index (Phi) is 6.17. The Morgan fingerprint density at radius 3 is 2.38 bits per heavy atom. The van der Waals surface area contributed by atoms with Gasteiger partial charge in [-0.2, -0.15) is 0 Å². The van der Waals surface area contributed by atoms with Crippen molar-refractivity contribution in [3.05, 3.63) is 54.4 Å². The van der Waals surface area contributed by atoms with Crippen LogP contribution in [0.4, 0.5) is 13.2 Å². The topological polar surface area (TPSA) is 35.5 Å². The molecule has 1 aromatic carbocycles. The molecule has 1 unspecified atom stereocenters. The second kappa shape index (κ2) is 7.64. The highest BCUT2D eigenvalue weighted by atomic mass is 19.2. The molecule has 0 saturated heterocycles. The van der Waals surface area contributed by atoms with Gasteiger partial charge in [-0.05, 0) is 6.92 Å². The normalized spacial score (nSPS) is 11.8. The maximum atomic E-state index is 13.0. The Labute approximate surface area is 120 Å². The fourth-order valence-corrected chi connectivity index (χ4v) is 1.40. The summed E-state index contributed by atoms with van der Waals surface area (Å²) in [5.41, 5.74) is 0.690. The second-order valence-corrected chi connectivity index (χ2v) is 4.40. The summed E-state index contributed by atoms with van der Waals surface area (Å²) in [5, 5.41) is 0. The van der Waals surface area contributed by atoms with Crippen LogP contribution in [0.25, 0.3) is 0 Å². The Morgan fingerprint density at radius 1 is 1.33 bits per heavy atom. The molecule has 0 aliphatic carbocycles. The molecular formula is C15H15F3O3. The third-order valence-corrected chi connectivity index (χ3v) is 2.35. The van der Waals surface area contributed by atoms with Gasteiger partial charge in [-0.3, -0.25) is 0 Å². The first-order chi connectivity index (χ1) is 9.85. The molecule has 0 N–H and O–H groups in total. The summed E-state index contributed by atoms with van der Waals surface area (Å²) in [5.74, 6) is -5.82. The minimum Gasteiger partial charge on any atom is -0.424 e. The van der Waals surface area contributed by atoms with Gasteiger partial charge >= 0.3 is 5.97 Å². The first-order valence-corrected chi connectivity index (χ1v) is 6.08. The Morgan fingerprint density at radius 2 is 1.90 bits per heavy atom. The van der Waals surface area contributed by atoms with Crippen molar-refractivity contribution < 1.29 is 27.4 Å². The van der Waals surface area contributed by atoms with E-state index in [0.29, 0.717) is 17.7 Å². The molecule has 1 atom stereocenters. The van der Waals surface area contributed by atoms with Crippen LogP contribution in [0.2, 0.25) is 0 Å². The molecular weight excluding hydrogens is 285 g/mol. The van der Waals surface area contributed by atoms with Crippen molar-refractivity contribution in [2.75, 3.05) is 6.61 Å². The van der Waals surface area contributed by atoms with Gasteiger partial charge in [0.2, 0.25) is 0 Å². The third-order valence-electron chi connectivity index (χ3n) is 2.35. The van der Waals surface area contributed by atoms with Crippen molar-refractivity contribution in [3.8, 4) is 5.75 Å². The number of hydrogen-bond donors (Lipinski definition) is 0. The maximum absolute atomic E-state index is 13.0. The van der Waals surface area contributed by atoms with Gasteiger partial charge in [-0.1, -0.05) is 18.2 Å². The van der Waals surface area contributed by atoms with Gasteiger partial charge < -0.3 is 9.47 Å². The minimum absolute atomic E-state index is 0.125. The zero-order chi connectivity index (χ0) is 16.0. The molecule has 0 bridgehead atoms. The van der Waals surface area contributed by atoms with Gasteiger partial charge in [0.05, 0.1) is 6.61 Å². The van der Waals surface area contributed by atoms with E-state index in [4.69, 9.17) is 9.47 Å². The lowest BCUT2D eigenvalue weighted by Gasteiger charge is -2.15. The van der Waals surface area contributed by atoms with Crippen molar-refractivity contribution in [1.82, 2.24) is 0 Å². The molecule has 1 aromatic rings. The zero-order valence-corrected chi connectivity index (χ0v) is 11.5. The lowest BCUT2D eigenvalue weighted by molar-refractivity contribution is -0.146. The number of halogens is 3. The quantitative estimate of drug-likeness (QED) is 0.334. The molecule has 0 aromatic heterocycles. The SMILES string of the molecule is C=CCC(OCC(=C)C)C(=O)Oc1cc(F)c(F)c(F)c1. The van der Waals surface area contributed by atoms with E-state index < -0.39 is 35.3 Å². The van der Waals surface area contributed by atoms with Crippen LogP contribution in [-0.2, 0) is 9.53 Å². The van der Waals surface area contributed by atoms with Crippen molar-refractivity contribution in [1.29, 1.82) is 0 Å². The van der Waals surface area contributed by atoms with Crippen LogP contribution in [0.3, 0.4) is 0 Å². The standard InChI is InChI=1S/C15H15F3O3/c1-4-5-13(20-8-9(2)3)15(19)21-10-6-11(16)14(18)12(17)7-10/h4,6-7,13H,1-2,5,8H2,3H3. The van der Waals surface area contributed by atoms with Crippen LogP contribution in [0, 0.1) is 17.5 Å². The Hall–Kier alpha value is -2.08. The zero-order valence-electron chi connectivity index (χ0n) is 11.5. The molecule has 114 valence electrons. The summed E-state index contributed by atoms with van der Waals surface area (Å²) >= 11 is 0. The smallest absolute Gasteiger partial charge is 0.340 e. The molecule has 0 radical (unpaired) electrons. The fraction of sp³-hybridized carbons (Fsp3) is 0.267. The highest BCUT2D eigenvalue weighted by Crippen LogP contribution is 2.20. The number of ether oxygens (including phenoxy) is 2. The van der Waals surface area contributed by atoms with Gasteiger partial charge in [0.1, 0.15) is 5.75 Å². The van der Waals surface area contributed by atoms with Crippen molar-refractivity contribution in [3.63, 3.8) is 0 Å². The summed E-state index contributed by atoms with van der Waals surface area (Å²) < 4.78 is 48.9. The molecule has 21 heavy (non-hydrogen) atoms. The van der Waals surface area contributed by atoms with Crippen molar-refractivity contribution in [2.24, 2.45) is 0 Å². The van der Waals surface area contributed by atoms with Crippen LogP contribution in [0.5, 0.6) is 5.75 Å². The summed E-state index contributed by atoms with van der Waals surface area (Å²) in [6, 6.07) is 1.17. The molecule has 0 fully saturated rings. The van der Waals surface area contributed by atoms with Crippen LogP contribution < -0.4 is 4.74 Å². The van der Waals surface area contributed by atoms with Crippen LogP contribution in [0.15, 0.2) is 36.9 Å². The second-order valence-electron chi connectivity index (χ2n) is 4.40. The minimum atomic E-state index is -1.63. The van der Waals surface area contributed by atoms with Crippen LogP contribution >= 0.6 is 0 Å². The maximum Gasteiger partial charge on any atom is 0.340 e. The largest absolute Gasteiger partial charge is 0.424 e. The first kappa shape index (κ1) is 17.0. The summed E-state index contributed by atoms with van der Waals surface area (Å²) in [6.07, 6.45) is 0.601. The molecule has 0 aliphatic rings. The highest BCUT2D eigenvalue weighted by Gasteiger charge is 2.21. The van der Waals surface area contributed by atoms with E-state index in [1.807, 2.05) is 0 Å². The number of carbonyl (C=O) groups excluding carboxylic acids is 1. The van der Waals surface area contributed by atoms with E-state index in [0.717, 1.165) is 0 Å². The van der Waals surface area contributed by atoms with E-state index in [2.05, 4.69) is 13.2 Å². The Balaban J connectivity index is 2.81. The Bertz CT molecular complexity index is 532. The summed E-state index contributed by atoms with van der Waals surface area (Å²) in [4.78, 5) is 11.9. The number of rotatable bonds is 7. The lowest BCUT2D eigenvalue weighted by atomic mass is 10.2. The highest BCUT2D eigenvalue weighted by molar-refractivity contribution is 5.77. The van der Waals surface area contributed by atoms with E-state index in [1.54, 1.807) is 6.92 Å². The van der Waals surface area contributed by atoms with Gasteiger partial charge in [-0.15, -0.1) is 6.58 Å². The molecule has 0 heterocycles. The molecule has 6 heteroatoms. The van der Waals surface area contributed by atoms with Crippen molar-refractivity contribution in [2.45, 2.75) is 19.4 Å². The molecule has 1 rings (SSSR count). The molecule has 0 aliphatic heterocycles. The molecule has 0 amide bonds. The number of carbonyl (C=O) groups is 1. The average molecular weight is 300 g/mol. The van der Waals surface area contributed by atoms with Gasteiger partial charge in [0, 0.05) is 18.6 Å². The molecule has 3 nitrogen and oxygen atoms in total. The molecule has 0 saturated carbocycles. The number of benzene rings is 1. The van der Waals surface area contributed by atoms with Gasteiger partial charge in [-0.25, -0.2) is 18.0 Å². The van der Waals surface area contributed by atoms with E-state index in [1.165, 1.54) is 6.08 Å². The summed E-state index contributed by atoms with van der Waals surface area (Å²) in [6.45, 7) is 8.93. The predicted octanol–water partition coefficient (Wildman–Crippen LogP) is 3.55. The van der Waals surface area contributed by atoms with Crippen molar-refractivity contribution >= 4 is 5.97 Å². The third kappa shape index (κ3) is 5.07. The predicted molar refractivity (Wildman–Crippen MR) is 71.3 cm³/mol. The lowest BCUT2D eigenvalue weighted by Crippen LogP contribution is -2.29. The van der Waals surface area contributed by atoms with E-state index in [9.17, 15) is 18.0 Å². The fourth-order valence-electron chi connectivity index (χ4n) is 1.40. The monoisotopic (exact) mass is 300 g/mol. The van der Waals surface area contributed by atoms with Crippen LogP contribution in [0.1, 0.15) is 13.3 Å². The van der Waals surface area contributed by atoms with Gasteiger partial charge in [0.15, 0.2) is 23.6 Å². The number of esters is 1. The average Bonchev–Trinajstić information content (AvgIpc) is 2.40. The van der Waals surface area contributed by atoms with E-state index >= 15 is 0 Å². The van der Waals surface area contributed by atoms with Crippen LogP contribution in [-0.4, -0.2) is 18.7 Å². The van der Waals surface area contributed by atoms with Gasteiger partial charge in [0.25, 0.3) is 0 Å². The summed E-state index contributed by atoms with van der Waals surface area (Å²) in [7, 11) is 0. The first-order valence-electron chi connectivity index (χ1n) is 6.08. The number of hydrogen-bond acceptors (Lipinski definition) is 3.